The second kappa shape index (κ2) is 7.44. The van der Waals surface area contributed by atoms with Crippen LogP contribution in [0.15, 0.2) is 9.59 Å². The van der Waals surface area contributed by atoms with Crippen LogP contribution in [0.5, 0.6) is 5.75 Å². The minimum Gasteiger partial charge on any atom is -0.492 e. The van der Waals surface area contributed by atoms with Crippen molar-refractivity contribution in [3.63, 3.8) is 0 Å². The first-order valence-electron chi connectivity index (χ1n) is 10.7. The summed E-state index contributed by atoms with van der Waals surface area (Å²) in [5.41, 5.74) is -3.80. The van der Waals surface area contributed by atoms with Gasteiger partial charge in [-0.15, -0.1) is 0 Å². The van der Waals surface area contributed by atoms with Gasteiger partial charge in [-0.2, -0.15) is 0 Å². The maximum Gasteiger partial charge on any atom is 0.329 e. The van der Waals surface area contributed by atoms with Crippen LogP contribution in [0.1, 0.15) is 43.7 Å². The van der Waals surface area contributed by atoms with Crippen molar-refractivity contribution in [3.8, 4) is 5.75 Å². The number of ether oxygens (including phenoxy) is 1. The zero-order valence-corrected chi connectivity index (χ0v) is 17.6. The Balaban J connectivity index is 1.77. The Kier molecular flexibility index (Phi) is 5.00. The highest BCUT2D eigenvalue weighted by molar-refractivity contribution is 5.94. The predicted octanol–water partition coefficient (Wildman–Crippen LogP) is 2.95. The molecule has 0 spiro atoms. The molecule has 180 valence electrons. The van der Waals surface area contributed by atoms with Gasteiger partial charge in [-0.1, -0.05) is 0 Å². The lowest BCUT2D eigenvalue weighted by Gasteiger charge is -2.35. The number of aliphatic hydroxyl groups is 1. The van der Waals surface area contributed by atoms with Crippen LogP contribution in [0.25, 0.3) is 10.9 Å². The van der Waals surface area contributed by atoms with Crippen molar-refractivity contribution in [1.82, 2.24) is 9.55 Å². The summed E-state index contributed by atoms with van der Waals surface area (Å²) < 4.78 is 78.4. The summed E-state index contributed by atoms with van der Waals surface area (Å²) >= 11 is 0. The zero-order chi connectivity index (χ0) is 23.8. The fourth-order valence-electron chi connectivity index (χ4n) is 5.41. The van der Waals surface area contributed by atoms with Crippen molar-refractivity contribution in [2.75, 3.05) is 25.1 Å². The summed E-state index contributed by atoms with van der Waals surface area (Å²) in [7, 11) is 1.16. The lowest BCUT2D eigenvalue weighted by Crippen LogP contribution is -2.46. The molecule has 1 saturated heterocycles. The first-order chi connectivity index (χ1) is 15.6. The Bertz CT molecular complexity index is 1240. The van der Waals surface area contributed by atoms with Crippen LogP contribution in [0.4, 0.5) is 27.6 Å². The molecule has 1 aromatic heterocycles. The van der Waals surface area contributed by atoms with Crippen molar-refractivity contribution in [2.24, 2.45) is 11.8 Å². The number of aliphatic hydroxyl groups excluding tert-OH is 1. The van der Waals surface area contributed by atoms with Gasteiger partial charge in [0.05, 0.1) is 18.1 Å². The molecule has 2 heterocycles. The topological polar surface area (TPSA) is 87.6 Å². The second-order valence-electron chi connectivity index (χ2n) is 9.07. The number of nitrogens with one attached hydrogen (secondary N) is 1. The molecule has 1 aliphatic heterocycles. The van der Waals surface area contributed by atoms with E-state index in [0.29, 0.717) is 12.8 Å². The number of aromatic nitrogens is 2. The van der Waals surface area contributed by atoms with Crippen LogP contribution in [-0.4, -0.2) is 46.9 Å². The fourth-order valence-corrected chi connectivity index (χ4v) is 5.41. The number of hydrogen-bond acceptors (Lipinski definition) is 5. The number of hydrogen-bond donors (Lipinski definition) is 2. The highest BCUT2D eigenvalue weighted by Crippen LogP contribution is 2.50. The maximum atomic E-state index is 15.7. The molecule has 12 heteroatoms. The van der Waals surface area contributed by atoms with Gasteiger partial charge in [0.15, 0.2) is 11.6 Å². The molecular weight excluding hydrogens is 453 g/mol. The SMILES string of the molecule is COc1c(N2CC3CCC(F)(F)C(O)C3C2)c(F)c(C(F)F)c2c(=O)[nH]c(=O)n(C3CC3)c12. The van der Waals surface area contributed by atoms with E-state index in [1.807, 2.05) is 4.98 Å². The summed E-state index contributed by atoms with van der Waals surface area (Å²) in [5.74, 6) is -6.27. The molecule has 1 aromatic carbocycles. The summed E-state index contributed by atoms with van der Waals surface area (Å²) in [5, 5.41) is 9.50. The lowest BCUT2D eigenvalue weighted by molar-refractivity contribution is -0.161. The molecule has 0 amide bonds. The number of anilines is 1. The van der Waals surface area contributed by atoms with E-state index in [0.717, 1.165) is 11.7 Å². The smallest absolute Gasteiger partial charge is 0.329 e. The number of halogens is 5. The molecule has 3 fully saturated rings. The number of methoxy groups -OCH3 is 1. The van der Waals surface area contributed by atoms with Gasteiger partial charge in [0.2, 0.25) is 0 Å². The minimum absolute atomic E-state index is 0.0378. The molecule has 2 aliphatic carbocycles. The molecule has 2 N–H and O–H groups in total. The van der Waals surface area contributed by atoms with E-state index in [-0.39, 0.29) is 36.8 Å². The lowest BCUT2D eigenvalue weighted by atomic mass is 9.77. The number of aromatic amines is 1. The summed E-state index contributed by atoms with van der Waals surface area (Å²) in [6, 6.07) is -0.365. The Morgan fingerprint density at radius 2 is 1.88 bits per heavy atom. The first-order valence-corrected chi connectivity index (χ1v) is 10.7. The first kappa shape index (κ1) is 22.2. The third-order valence-corrected chi connectivity index (χ3v) is 7.12. The molecule has 3 unspecified atom stereocenters. The van der Waals surface area contributed by atoms with Gasteiger partial charge in [0.1, 0.15) is 17.3 Å². The third-order valence-electron chi connectivity index (χ3n) is 7.12. The zero-order valence-electron chi connectivity index (χ0n) is 17.6. The van der Waals surface area contributed by atoms with Crippen LogP contribution >= 0.6 is 0 Å². The van der Waals surface area contributed by atoms with Crippen LogP contribution in [0.3, 0.4) is 0 Å². The van der Waals surface area contributed by atoms with E-state index < -0.39 is 70.4 Å². The van der Waals surface area contributed by atoms with E-state index in [4.69, 9.17) is 4.74 Å². The summed E-state index contributed by atoms with van der Waals surface area (Å²) in [6.07, 6.45) is -4.65. The number of nitrogens with zero attached hydrogens (tertiary/aromatic N) is 2. The fraction of sp³-hybridized carbons (Fsp3) is 0.619. The predicted molar refractivity (Wildman–Crippen MR) is 108 cm³/mol. The standard InChI is InChI=1S/C21H22F5N3O4/c1-33-16-14-12(19(31)27-20(32)29(14)9-2-3-9)11(18(23)24)13(22)15(16)28-6-8-4-5-21(25,26)17(30)10(8)7-28/h8-10,17-18,30H,2-7H2,1H3,(H,27,31,32). The number of rotatable bonds is 4. The van der Waals surface area contributed by atoms with Gasteiger partial charge >= 0.3 is 5.69 Å². The molecule has 2 aromatic rings. The number of alkyl halides is 4. The summed E-state index contributed by atoms with van der Waals surface area (Å²) in [6.45, 7) is -0.171. The highest BCUT2D eigenvalue weighted by Gasteiger charge is 2.53. The third kappa shape index (κ3) is 3.24. The van der Waals surface area contributed by atoms with E-state index in [9.17, 15) is 32.3 Å². The summed E-state index contributed by atoms with van der Waals surface area (Å²) in [4.78, 5) is 28.4. The Morgan fingerprint density at radius 1 is 1.18 bits per heavy atom. The van der Waals surface area contributed by atoms with E-state index >= 15 is 4.39 Å². The Hall–Kier alpha value is -2.63. The molecule has 33 heavy (non-hydrogen) atoms. The molecule has 2 saturated carbocycles. The average molecular weight is 475 g/mol. The second-order valence-corrected chi connectivity index (χ2v) is 9.07. The highest BCUT2D eigenvalue weighted by atomic mass is 19.3. The average Bonchev–Trinajstić information content (AvgIpc) is 3.48. The monoisotopic (exact) mass is 475 g/mol. The molecule has 0 radical (unpaired) electrons. The van der Waals surface area contributed by atoms with Gasteiger partial charge in [-0.05, 0) is 25.2 Å². The van der Waals surface area contributed by atoms with E-state index in [2.05, 4.69) is 0 Å². The Morgan fingerprint density at radius 3 is 2.48 bits per heavy atom. The number of fused-ring (bicyclic) bond motifs is 2. The molecule has 3 atom stereocenters. The van der Waals surface area contributed by atoms with E-state index in [1.54, 1.807) is 0 Å². The van der Waals surface area contributed by atoms with Crippen LogP contribution in [0.2, 0.25) is 0 Å². The quantitative estimate of drug-likeness (QED) is 0.665. The van der Waals surface area contributed by atoms with E-state index in [1.165, 1.54) is 4.90 Å². The van der Waals surface area contributed by atoms with Gasteiger partial charge in [0, 0.05) is 31.5 Å². The van der Waals surface area contributed by atoms with Crippen LogP contribution < -0.4 is 20.9 Å². The van der Waals surface area contributed by atoms with Gasteiger partial charge in [-0.25, -0.2) is 26.7 Å². The van der Waals surface area contributed by atoms with Crippen LogP contribution in [-0.2, 0) is 0 Å². The van der Waals surface area contributed by atoms with Crippen LogP contribution in [0, 0.1) is 17.7 Å². The Labute approximate surface area is 183 Å². The largest absolute Gasteiger partial charge is 0.492 e. The van der Waals surface area contributed by atoms with Crippen molar-refractivity contribution >= 4 is 16.6 Å². The molecule has 7 nitrogen and oxygen atoms in total. The number of benzene rings is 1. The van der Waals surface area contributed by atoms with Gasteiger partial charge in [0.25, 0.3) is 17.9 Å². The molecule has 3 aliphatic rings. The normalized spacial score (nSPS) is 26.8. The number of H-pyrrole nitrogens is 1. The van der Waals surface area contributed by atoms with Crippen molar-refractivity contribution < 1.29 is 31.8 Å². The van der Waals surface area contributed by atoms with Crippen molar-refractivity contribution in [1.29, 1.82) is 0 Å². The molecule has 5 rings (SSSR count). The minimum atomic E-state index is -3.39. The maximum absolute atomic E-state index is 15.7. The van der Waals surface area contributed by atoms with Crippen molar-refractivity contribution in [2.45, 2.75) is 50.2 Å². The molecular formula is C21H22F5N3O4. The van der Waals surface area contributed by atoms with Crippen molar-refractivity contribution in [3.05, 3.63) is 32.2 Å². The van der Waals surface area contributed by atoms with Gasteiger partial charge in [-0.3, -0.25) is 14.3 Å². The van der Waals surface area contributed by atoms with Gasteiger partial charge < -0.3 is 14.7 Å². The molecule has 0 bridgehead atoms.